The molecule has 1 amide bonds. The molecule has 29 heavy (non-hydrogen) atoms. The Kier molecular flexibility index (Phi) is 10.3. The SMILES string of the molecule is CCCC(Oc1ccc(C#N)c(C(F)F)c1)C(=O)NCc1cccc(C)c1.CF. The standard InChI is InChI=1S/C21H22F2N2O2.CH3F/c1-3-5-19(21(26)25-13-15-7-4-6-14(2)10-15)27-17-9-8-16(12-24)18(11-17)20(22)23;1-2/h4,6-11,19-20H,3,5,13H2,1-2H3,(H,25,26);1H3. The average molecular weight is 406 g/mol. The molecule has 7 heteroatoms. The Hall–Kier alpha value is -3.01. The topological polar surface area (TPSA) is 62.1 Å². The van der Waals surface area contributed by atoms with E-state index in [2.05, 4.69) is 5.32 Å². The van der Waals surface area contributed by atoms with Gasteiger partial charge in [0.2, 0.25) is 0 Å². The molecule has 156 valence electrons. The molecule has 0 bridgehead atoms. The summed E-state index contributed by atoms with van der Waals surface area (Å²) in [5.41, 5.74) is 1.57. The van der Waals surface area contributed by atoms with Crippen molar-refractivity contribution in [2.24, 2.45) is 0 Å². The summed E-state index contributed by atoms with van der Waals surface area (Å²) >= 11 is 0. The normalized spacial score (nSPS) is 11.1. The van der Waals surface area contributed by atoms with Gasteiger partial charge < -0.3 is 10.1 Å². The average Bonchev–Trinajstić information content (AvgIpc) is 2.73. The second kappa shape index (κ2) is 12.4. The molecule has 0 saturated carbocycles. The number of benzene rings is 2. The lowest BCUT2D eigenvalue weighted by Crippen LogP contribution is -2.38. The molecule has 1 atom stereocenters. The Morgan fingerprint density at radius 2 is 1.93 bits per heavy atom. The maximum atomic E-state index is 13.1. The fraction of sp³-hybridized carbons (Fsp3) is 0.364. The number of ether oxygens (including phenoxy) is 1. The minimum Gasteiger partial charge on any atom is -0.481 e. The van der Waals surface area contributed by atoms with Crippen molar-refractivity contribution in [1.29, 1.82) is 5.26 Å². The molecule has 4 nitrogen and oxygen atoms in total. The highest BCUT2D eigenvalue weighted by Gasteiger charge is 2.21. The summed E-state index contributed by atoms with van der Waals surface area (Å²) in [6.07, 6.45) is -2.44. The van der Waals surface area contributed by atoms with Gasteiger partial charge in [-0.05, 0) is 37.1 Å². The number of carbonyl (C=O) groups excluding carboxylic acids is 1. The monoisotopic (exact) mass is 406 g/mol. The number of carbonyl (C=O) groups is 1. The van der Waals surface area contributed by atoms with Crippen LogP contribution in [0.15, 0.2) is 42.5 Å². The van der Waals surface area contributed by atoms with Gasteiger partial charge in [-0.1, -0.05) is 43.2 Å². The van der Waals surface area contributed by atoms with E-state index in [-0.39, 0.29) is 17.2 Å². The molecule has 0 heterocycles. The number of alkyl halides is 3. The minimum absolute atomic E-state index is 0.103. The summed E-state index contributed by atoms with van der Waals surface area (Å²) in [5.74, 6) is -0.158. The quantitative estimate of drug-likeness (QED) is 0.651. The van der Waals surface area contributed by atoms with Gasteiger partial charge in [-0.3, -0.25) is 9.18 Å². The molecule has 2 aromatic carbocycles. The summed E-state index contributed by atoms with van der Waals surface area (Å²) in [6, 6.07) is 13.4. The van der Waals surface area contributed by atoms with Crippen molar-refractivity contribution in [2.75, 3.05) is 7.18 Å². The number of nitrogens with one attached hydrogen (secondary N) is 1. The predicted octanol–water partition coefficient (Wildman–Crippen LogP) is 5.25. The number of nitrogens with zero attached hydrogens (tertiary/aromatic N) is 1. The van der Waals surface area contributed by atoms with Gasteiger partial charge in [-0.25, -0.2) is 8.78 Å². The third-order valence-electron chi connectivity index (χ3n) is 4.05. The minimum atomic E-state index is -2.79. The van der Waals surface area contributed by atoms with Crippen molar-refractivity contribution in [1.82, 2.24) is 5.32 Å². The summed E-state index contributed by atoms with van der Waals surface area (Å²) in [6.45, 7) is 4.24. The van der Waals surface area contributed by atoms with Crippen LogP contribution in [0, 0.1) is 18.3 Å². The lowest BCUT2D eigenvalue weighted by atomic mass is 10.1. The van der Waals surface area contributed by atoms with Gasteiger partial charge in [0.05, 0.1) is 18.8 Å². The number of hydrogen-bond donors (Lipinski definition) is 1. The Labute approximate surface area is 169 Å². The molecule has 0 aliphatic heterocycles. The first kappa shape index (κ1) is 24.0. The lowest BCUT2D eigenvalue weighted by Gasteiger charge is -2.19. The van der Waals surface area contributed by atoms with Crippen molar-refractivity contribution in [3.8, 4) is 11.8 Å². The van der Waals surface area contributed by atoms with Crippen LogP contribution in [0.25, 0.3) is 0 Å². The molecule has 0 saturated heterocycles. The van der Waals surface area contributed by atoms with Crippen molar-refractivity contribution < 1.29 is 22.7 Å². The van der Waals surface area contributed by atoms with E-state index in [4.69, 9.17) is 10.00 Å². The van der Waals surface area contributed by atoms with Crippen LogP contribution in [0.1, 0.15) is 48.4 Å². The fourth-order valence-corrected chi connectivity index (χ4v) is 2.69. The van der Waals surface area contributed by atoms with E-state index >= 15 is 0 Å². The van der Waals surface area contributed by atoms with Gasteiger partial charge in [0.25, 0.3) is 12.3 Å². The third-order valence-corrected chi connectivity index (χ3v) is 4.05. The van der Waals surface area contributed by atoms with Crippen molar-refractivity contribution in [3.05, 3.63) is 64.7 Å². The lowest BCUT2D eigenvalue weighted by molar-refractivity contribution is -0.128. The first-order valence-corrected chi connectivity index (χ1v) is 9.14. The molecule has 0 radical (unpaired) electrons. The van der Waals surface area contributed by atoms with Crippen LogP contribution in [0.3, 0.4) is 0 Å². The smallest absolute Gasteiger partial charge is 0.265 e. The Bertz CT molecular complexity index is 835. The highest BCUT2D eigenvalue weighted by Crippen LogP contribution is 2.27. The van der Waals surface area contributed by atoms with E-state index < -0.39 is 18.1 Å². The maximum absolute atomic E-state index is 13.1. The number of hydrogen-bond acceptors (Lipinski definition) is 3. The maximum Gasteiger partial charge on any atom is 0.265 e. The highest BCUT2D eigenvalue weighted by atomic mass is 19.3. The predicted molar refractivity (Wildman–Crippen MR) is 105 cm³/mol. The molecule has 2 rings (SSSR count). The Morgan fingerprint density at radius 1 is 1.21 bits per heavy atom. The molecule has 0 fully saturated rings. The van der Waals surface area contributed by atoms with Crippen molar-refractivity contribution >= 4 is 5.91 Å². The van der Waals surface area contributed by atoms with Crippen LogP contribution in [-0.4, -0.2) is 19.2 Å². The van der Waals surface area contributed by atoms with E-state index in [9.17, 15) is 18.0 Å². The van der Waals surface area contributed by atoms with E-state index in [0.717, 1.165) is 17.2 Å². The van der Waals surface area contributed by atoms with Crippen molar-refractivity contribution in [2.45, 2.75) is 45.8 Å². The zero-order chi connectivity index (χ0) is 21.8. The first-order valence-electron chi connectivity index (χ1n) is 9.14. The highest BCUT2D eigenvalue weighted by molar-refractivity contribution is 5.81. The van der Waals surface area contributed by atoms with E-state index in [0.29, 0.717) is 26.6 Å². The third kappa shape index (κ3) is 7.49. The van der Waals surface area contributed by atoms with Gasteiger partial charge in [0.1, 0.15) is 5.75 Å². The number of rotatable bonds is 8. The summed E-state index contributed by atoms with van der Waals surface area (Å²) in [7, 11) is 0.500. The second-order valence-electron chi connectivity index (χ2n) is 6.26. The van der Waals surface area contributed by atoms with Crippen LogP contribution in [0.2, 0.25) is 0 Å². The molecular formula is C22H25F3N2O2. The van der Waals surface area contributed by atoms with Crippen molar-refractivity contribution in [3.63, 3.8) is 0 Å². The summed E-state index contributed by atoms with van der Waals surface area (Å²) in [4.78, 5) is 12.5. The molecule has 0 aromatic heterocycles. The molecule has 1 unspecified atom stereocenters. The van der Waals surface area contributed by atoms with E-state index in [1.807, 2.05) is 38.1 Å². The molecule has 2 aromatic rings. The van der Waals surface area contributed by atoms with Crippen LogP contribution < -0.4 is 10.1 Å². The van der Waals surface area contributed by atoms with Gasteiger partial charge >= 0.3 is 0 Å². The molecular weight excluding hydrogens is 381 g/mol. The summed E-state index contributed by atoms with van der Waals surface area (Å²) < 4.78 is 41.4. The van der Waals surface area contributed by atoms with E-state index in [1.165, 1.54) is 12.1 Å². The zero-order valence-electron chi connectivity index (χ0n) is 16.7. The number of amides is 1. The van der Waals surface area contributed by atoms with Gasteiger partial charge in [-0.15, -0.1) is 0 Å². The number of aryl methyl sites for hydroxylation is 1. The van der Waals surface area contributed by atoms with E-state index in [1.54, 1.807) is 6.07 Å². The second-order valence-corrected chi connectivity index (χ2v) is 6.26. The van der Waals surface area contributed by atoms with Gasteiger partial charge in [-0.2, -0.15) is 5.26 Å². The fourth-order valence-electron chi connectivity index (χ4n) is 2.69. The first-order chi connectivity index (χ1) is 13.9. The van der Waals surface area contributed by atoms with Crippen LogP contribution in [0.5, 0.6) is 5.75 Å². The molecule has 1 N–H and O–H groups in total. The molecule has 0 aliphatic rings. The molecule has 0 spiro atoms. The largest absolute Gasteiger partial charge is 0.481 e. The van der Waals surface area contributed by atoms with Gasteiger partial charge in [0, 0.05) is 12.1 Å². The van der Waals surface area contributed by atoms with Crippen LogP contribution in [-0.2, 0) is 11.3 Å². The van der Waals surface area contributed by atoms with Crippen LogP contribution in [0.4, 0.5) is 13.2 Å². The Morgan fingerprint density at radius 3 is 2.52 bits per heavy atom. The van der Waals surface area contributed by atoms with Crippen LogP contribution >= 0.6 is 0 Å². The summed E-state index contributed by atoms with van der Waals surface area (Å²) in [5, 5.41) is 11.7. The zero-order valence-corrected chi connectivity index (χ0v) is 16.7. The number of halogens is 3. The number of nitriles is 1. The van der Waals surface area contributed by atoms with Gasteiger partial charge in [0.15, 0.2) is 6.10 Å². The molecule has 0 aliphatic carbocycles. The Balaban J connectivity index is 0.00000204.